The first-order valence-corrected chi connectivity index (χ1v) is 6.66. The Labute approximate surface area is 111 Å². The Morgan fingerprint density at radius 1 is 1.28 bits per heavy atom. The van der Waals surface area contributed by atoms with Crippen LogP contribution in [0.2, 0.25) is 0 Å². The van der Waals surface area contributed by atoms with Crippen LogP contribution in [-0.4, -0.2) is 24.5 Å². The summed E-state index contributed by atoms with van der Waals surface area (Å²) >= 11 is 0. The fourth-order valence-electron chi connectivity index (χ4n) is 1.99. The van der Waals surface area contributed by atoms with Crippen molar-refractivity contribution < 1.29 is 0 Å². The molecular weight excluding hydrogens is 220 g/mol. The molecule has 1 rings (SSSR count). The minimum Gasteiger partial charge on any atom is -0.320 e. The highest BCUT2D eigenvalue weighted by Gasteiger charge is 2.08. The van der Waals surface area contributed by atoms with Gasteiger partial charge < -0.3 is 5.73 Å². The van der Waals surface area contributed by atoms with E-state index < -0.39 is 0 Å². The normalized spacial score (nSPS) is 10.6. The Hall–Kier alpha value is -1.30. The molecule has 98 valence electrons. The highest BCUT2D eigenvalue weighted by atomic mass is 15.1. The number of hydrogen-bond acceptors (Lipinski definition) is 2. The Kier molecular flexibility index (Phi) is 6.49. The first kappa shape index (κ1) is 14.8. The summed E-state index contributed by atoms with van der Waals surface area (Å²) in [6, 6.07) is 8.33. The van der Waals surface area contributed by atoms with E-state index in [0.717, 1.165) is 25.2 Å². The lowest BCUT2D eigenvalue weighted by Crippen LogP contribution is -2.27. The van der Waals surface area contributed by atoms with E-state index in [9.17, 15) is 0 Å². The van der Waals surface area contributed by atoms with Crippen molar-refractivity contribution in [3.05, 3.63) is 35.4 Å². The van der Waals surface area contributed by atoms with Crippen molar-refractivity contribution in [2.24, 2.45) is 11.7 Å². The van der Waals surface area contributed by atoms with E-state index in [2.05, 4.69) is 55.7 Å². The molecule has 0 radical (unpaired) electrons. The molecule has 0 aliphatic heterocycles. The van der Waals surface area contributed by atoms with Gasteiger partial charge in [-0.15, -0.1) is 0 Å². The predicted octanol–water partition coefficient (Wildman–Crippen LogP) is 2.47. The van der Waals surface area contributed by atoms with Gasteiger partial charge in [0.1, 0.15) is 0 Å². The van der Waals surface area contributed by atoms with Gasteiger partial charge in [-0.3, -0.25) is 4.90 Å². The third-order valence-electron chi connectivity index (χ3n) is 2.81. The lowest BCUT2D eigenvalue weighted by atomic mass is 10.1. The number of hydrogen-bond donors (Lipinski definition) is 1. The molecule has 1 aromatic carbocycles. The molecule has 0 aliphatic carbocycles. The molecule has 2 heteroatoms. The zero-order valence-corrected chi connectivity index (χ0v) is 11.7. The summed E-state index contributed by atoms with van der Waals surface area (Å²) in [5.74, 6) is 6.78. The van der Waals surface area contributed by atoms with E-state index in [-0.39, 0.29) is 0 Å². The molecule has 2 N–H and O–H groups in total. The smallest absolute Gasteiger partial charge is 0.0555 e. The van der Waals surface area contributed by atoms with E-state index in [1.54, 1.807) is 0 Å². The number of rotatable bonds is 5. The third kappa shape index (κ3) is 4.91. The van der Waals surface area contributed by atoms with Crippen molar-refractivity contribution >= 4 is 0 Å². The predicted molar refractivity (Wildman–Crippen MR) is 78.2 cm³/mol. The lowest BCUT2D eigenvalue weighted by molar-refractivity contribution is 0.248. The number of benzene rings is 1. The highest BCUT2D eigenvalue weighted by Crippen LogP contribution is 2.12. The second-order valence-corrected chi connectivity index (χ2v) is 4.88. The maximum atomic E-state index is 5.44. The topological polar surface area (TPSA) is 29.3 Å². The molecule has 0 unspecified atom stereocenters. The fraction of sp³-hybridized carbons (Fsp3) is 0.500. The molecule has 0 amide bonds. The van der Waals surface area contributed by atoms with Crippen molar-refractivity contribution in [3.8, 4) is 11.8 Å². The molecule has 18 heavy (non-hydrogen) atoms. The molecule has 0 saturated carbocycles. The van der Waals surface area contributed by atoms with Gasteiger partial charge in [0, 0.05) is 18.7 Å². The van der Waals surface area contributed by atoms with Crippen LogP contribution in [0.5, 0.6) is 0 Å². The summed E-state index contributed by atoms with van der Waals surface area (Å²) in [7, 11) is 0. The van der Waals surface area contributed by atoms with Gasteiger partial charge in [0.15, 0.2) is 0 Å². The monoisotopic (exact) mass is 244 g/mol. The van der Waals surface area contributed by atoms with Gasteiger partial charge in [-0.1, -0.05) is 50.8 Å². The third-order valence-corrected chi connectivity index (χ3v) is 2.81. The standard InChI is InChI=1S/C16H24N2/c1-4-18(12-14(2)3)13-16-9-6-5-8-15(16)10-7-11-17/h5-6,8-9,14H,4,11-13,17H2,1-3H3. The summed E-state index contributed by atoms with van der Waals surface area (Å²) in [5, 5.41) is 0. The van der Waals surface area contributed by atoms with Crippen LogP contribution in [0, 0.1) is 17.8 Å². The highest BCUT2D eigenvalue weighted by molar-refractivity contribution is 5.41. The summed E-state index contributed by atoms with van der Waals surface area (Å²) in [6.07, 6.45) is 0. The molecule has 2 nitrogen and oxygen atoms in total. The molecular formula is C16H24N2. The van der Waals surface area contributed by atoms with Crippen molar-refractivity contribution in [2.45, 2.75) is 27.3 Å². The summed E-state index contributed by atoms with van der Waals surface area (Å²) in [6.45, 7) is 10.3. The summed E-state index contributed by atoms with van der Waals surface area (Å²) in [4.78, 5) is 2.45. The number of nitrogens with zero attached hydrogens (tertiary/aromatic N) is 1. The number of nitrogens with two attached hydrogens (primary N) is 1. The molecule has 0 bridgehead atoms. The van der Waals surface area contributed by atoms with Crippen LogP contribution in [0.3, 0.4) is 0 Å². The maximum absolute atomic E-state index is 5.44. The van der Waals surface area contributed by atoms with Gasteiger partial charge >= 0.3 is 0 Å². The SMILES string of the molecule is CCN(Cc1ccccc1C#CCN)CC(C)C. The first-order chi connectivity index (χ1) is 8.67. The summed E-state index contributed by atoms with van der Waals surface area (Å²) < 4.78 is 0. The van der Waals surface area contributed by atoms with Crippen molar-refractivity contribution in [2.75, 3.05) is 19.6 Å². The molecule has 0 fully saturated rings. The lowest BCUT2D eigenvalue weighted by Gasteiger charge is -2.23. The van der Waals surface area contributed by atoms with Gasteiger partial charge in [-0.25, -0.2) is 0 Å². The van der Waals surface area contributed by atoms with Crippen LogP contribution in [0.4, 0.5) is 0 Å². The van der Waals surface area contributed by atoms with E-state index in [4.69, 9.17) is 5.73 Å². The van der Waals surface area contributed by atoms with Crippen LogP contribution in [0.1, 0.15) is 31.9 Å². The zero-order valence-electron chi connectivity index (χ0n) is 11.7. The second-order valence-electron chi connectivity index (χ2n) is 4.88. The fourth-order valence-corrected chi connectivity index (χ4v) is 1.99. The molecule has 0 spiro atoms. The molecule has 1 aromatic rings. The second kappa shape index (κ2) is 7.92. The largest absolute Gasteiger partial charge is 0.320 e. The van der Waals surface area contributed by atoms with Gasteiger partial charge in [0.25, 0.3) is 0 Å². The van der Waals surface area contributed by atoms with E-state index in [1.165, 1.54) is 5.56 Å². The van der Waals surface area contributed by atoms with Crippen LogP contribution < -0.4 is 5.73 Å². The molecule has 0 saturated heterocycles. The van der Waals surface area contributed by atoms with E-state index >= 15 is 0 Å². The van der Waals surface area contributed by atoms with Gasteiger partial charge in [-0.05, 0) is 24.1 Å². The summed E-state index contributed by atoms with van der Waals surface area (Å²) in [5.41, 5.74) is 7.83. The first-order valence-electron chi connectivity index (χ1n) is 6.66. The Balaban J connectivity index is 2.82. The van der Waals surface area contributed by atoms with Gasteiger partial charge in [0.05, 0.1) is 6.54 Å². The minimum atomic E-state index is 0.415. The van der Waals surface area contributed by atoms with Crippen molar-refractivity contribution in [3.63, 3.8) is 0 Å². The average Bonchev–Trinajstić information content (AvgIpc) is 2.36. The average molecular weight is 244 g/mol. The van der Waals surface area contributed by atoms with Gasteiger partial charge in [-0.2, -0.15) is 0 Å². The van der Waals surface area contributed by atoms with Gasteiger partial charge in [0.2, 0.25) is 0 Å². The maximum Gasteiger partial charge on any atom is 0.0555 e. The van der Waals surface area contributed by atoms with Crippen LogP contribution in [0.25, 0.3) is 0 Å². The Bertz CT molecular complexity index is 413. The van der Waals surface area contributed by atoms with Crippen LogP contribution >= 0.6 is 0 Å². The van der Waals surface area contributed by atoms with Crippen LogP contribution in [0.15, 0.2) is 24.3 Å². The van der Waals surface area contributed by atoms with E-state index in [0.29, 0.717) is 12.5 Å². The quantitative estimate of drug-likeness (QED) is 0.806. The van der Waals surface area contributed by atoms with Crippen molar-refractivity contribution in [1.82, 2.24) is 4.90 Å². The van der Waals surface area contributed by atoms with E-state index in [1.807, 2.05) is 6.07 Å². The molecule has 0 heterocycles. The Morgan fingerprint density at radius 2 is 2.00 bits per heavy atom. The zero-order chi connectivity index (χ0) is 13.4. The molecule has 0 aliphatic rings. The molecule has 0 atom stereocenters. The minimum absolute atomic E-state index is 0.415. The van der Waals surface area contributed by atoms with Crippen LogP contribution in [-0.2, 0) is 6.54 Å². The van der Waals surface area contributed by atoms with Crippen molar-refractivity contribution in [1.29, 1.82) is 0 Å². The Morgan fingerprint density at radius 3 is 2.61 bits per heavy atom. The molecule has 0 aromatic heterocycles.